The van der Waals surface area contributed by atoms with Gasteiger partial charge in [0.15, 0.2) is 0 Å². The van der Waals surface area contributed by atoms with Crippen LogP contribution in [-0.2, 0) is 6.54 Å². The third kappa shape index (κ3) is 3.43. The van der Waals surface area contributed by atoms with Gasteiger partial charge in [-0.15, -0.1) is 11.3 Å². The molecular formula is C12H14BrN3OS. The van der Waals surface area contributed by atoms with Gasteiger partial charge < -0.3 is 5.32 Å². The quantitative estimate of drug-likeness (QED) is 0.939. The molecular weight excluding hydrogens is 314 g/mol. The molecule has 0 spiro atoms. The summed E-state index contributed by atoms with van der Waals surface area (Å²) >= 11 is 5.01. The number of nitrogens with zero attached hydrogens (tertiary/aromatic N) is 2. The molecule has 96 valence electrons. The number of hydrogen-bond donors (Lipinski definition) is 1. The van der Waals surface area contributed by atoms with Crippen LogP contribution in [-0.4, -0.2) is 15.8 Å². The van der Waals surface area contributed by atoms with Crippen molar-refractivity contribution in [3.05, 3.63) is 43.4 Å². The molecule has 0 aliphatic heterocycles. The Hall–Kier alpha value is -1.14. The summed E-state index contributed by atoms with van der Waals surface area (Å²) in [5.41, 5.74) is 0.670. The van der Waals surface area contributed by atoms with E-state index in [2.05, 4.69) is 26.3 Å². The fourth-order valence-electron chi connectivity index (χ4n) is 1.55. The van der Waals surface area contributed by atoms with Crippen molar-refractivity contribution in [3.63, 3.8) is 0 Å². The van der Waals surface area contributed by atoms with Gasteiger partial charge in [-0.05, 0) is 41.9 Å². The lowest BCUT2D eigenvalue weighted by atomic mass is 10.3. The van der Waals surface area contributed by atoms with E-state index in [9.17, 15) is 4.79 Å². The topological polar surface area (TPSA) is 46.9 Å². The number of halogens is 1. The second kappa shape index (κ2) is 5.67. The van der Waals surface area contributed by atoms with Crippen molar-refractivity contribution in [2.24, 2.45) is 0 Å². The predicted octanol–water partition coefficient (Wildman–Crippen LogP) is 2.94. The molecule has 2 heterocycles. The van der Waals surface area contributed by atoms with Crippen molar-refractivity contribution in [2.45, 2.75) is 26.4 Å². The highest BCUT2D eigenvalue weighted by molar-refractivity contribution is 9.11. The zero-order chi connectivity index (χ0) is 13.1. The minimum atomic E-state index is -0.0924. The van der Waals surface area contributed by atoms with Gasteiger partial charge in [-0.1, -0.05) is 0 Å². The molecule has 0 saturated carbocycles. The van der Waals surface area contributed by atoms with E-state index in [4.69, 9.17) is 0 Å². The SMILES string of the molecule is CC(C)Nc1cnn(Cc2ccc(Br)s2)c(=O)c1. The highest BCUT2D eigenvalue weighted by atomic mass is 79.9. The first-order valence-corrected chi connectivity index (χ1v) is 7.23. The maximum atomic E-state index is 11.9. The molecule has 2 aromatic rings. The minimum absolute atomic E-state index is 0.0924. The Morgan fingerprint density at radius 1 is 1.50 bits per heavy atom. The normalized spacial score (nSPS) is 10.9. The Morgan fingerprint density at radius 2 is 2.28 bits per heavy atom. The molecule has 0 fully saturated rings. The van der Waals surface area contributed by atoms with Gasteiger partial charge in [-0.3, -0.25) is 4.79 Å². The second-order valence-electron chi connectivity index (χ2n) is 4.24. The maximum Gasteiger partial charge on any atom is 0.269 e. The average molecular weight is 328 g/mol. The molecule has 2 aromatic heterocycles. The number of rotatable bonds is 4. The van der Waals surface area contributed by atoms with Crippen LogP contribution in [0, 0.1) is 0 Å². The Morgan fingerprint density at radius 3 is 2.83 bits per heavy atom. The first kappa shape index (κ1) is 13.3. The van der Waals surface area contributed by atoms with Crippen LogP contribution >= 0.6 is 27.3 Å². The van der Waals surface area contributed by atoms with E-state index in [0.29, 0.717) is 6.54 Å². The van der Waals surface area contributed by atoms with Gasteiger partial charge in [-0.2, -0.15) is 5.10 Å². The van der Waals surface area contributed by atoms with E-state index in [0.717, 1.165) is 14.4 Å². The van der Waals surface area contributed by atoms with Gasteiger partial charge in [0.1, 0.15) is 0 Å². The monoisotopic (exact) mass is 327 g/mol. The molecule has 4 nitrogen and oxygen atoms in total. The van der Waals surface area contributed by atoms with Gasteiger partial charge in [0, 0.05) is 17.0 Å². The molecule has 0 atom stereocenters. The average Bonchev–Trinajstić information content (AvgIpc) is 2.67. The summed E-state index contributed by atoms with van der Waals surface area (Å²) in [6.45, 7) is 4.56. The smallest absolute Gasteiger partial charge is 0.269 e. The van der Waals surface area contributed by atoms with Crippen LogP contribution in [0.1, 0.15) is 18.7 Å². The number of hydrogen-bond acceptors (Lipinski definition) is 4. The Balaban J connectivity index is 2.17. The molecule has 0 radical (unpaired) electrons. The molecule has 0 unspecified atom stereocenters. The van der Waals surface area contributed by atoms with Crippen LogP contribution in [0.5, 0.6) is 0 Å². The van der Waals surface area contributed by atoms with Crippen molar-refractivity contribution in [1.82, 2.24) is 9.78 Å². The Labute approximate surface area is 118 Å². The van der Waals surface area contributed by atoms with Gasteiger partial charge >= 0.3 is 0 Å². The van der Waals surface area contributed by atoms with Crippen LogP contribution in [0.4, 0.5) is 5.69 Å². The van der Waals surface area contributed by atoms with E-state index in [-0.39, 0.29) is 11.6 Å². The number of anilines is 1. The molecule has 0 aliphatic carbocycles. The molecule has 6 heteroatoms. The van der Waals surface area contributed by atoms with Crippen LogP contribution < -0.4 is 10.9 Å². The summed E-state index contributed by atoms with van der Waals surface area (Å²) in [4.78, 5) is 13.0. The minimum Gasteiger partial charge on any atom is -0.381 e. The van der Waals surface area contributed by atoms with E-state index in [1.807, 2.05) is 26.0 Å². The molecule has 18 heavy (non-hydrogen) atoms. The fraction of sp³-hybridized carbons (Fsp3) is 0.333. The molecule has 0 aliphatic rings. The summed E-state index contributed by atoms with van der Waals surface area (Å²) in [5, 5.41) is 7.33. The number of nitrogens with one attached hydrogen (secondary N) is 1. The Bertz CT molecular complexity index is 591. The van der Waals surface area contributed by atoms with Crippen molar-refractivity contribution >= 4 is 33.0 Å². The first-order valence-electron chi connectivity index (χ1n) is 5.62. The summed E-state index contributed by atoms with van der Waals surface area (Å²) in [7, 11) is 0. The second-order valence-corrected chi connectivity index (χ2v) is 6.79. The largest absolute Gasteiger partial charge is 0.381 e. The number of thiophene rings is 1. The summed E-state index contributed by atoms with van der Waals surface area (Å²) in [6.07, 6.45) is 1.68. The van der Waals surface area contributed by atoms with Gasteiger partial charge in [-0.25, -0.2) is 4.68 Å². The third-order valence-electron chi connectivity index (χ3n) is 2.26. The molecule has 0 aromatic carbocycles. The third-order valence-corrected chi connectivity index (χ3v) is 3.87. The van der Waals surface area contributed by atoms with Gasteiger partial charge in [0.25, 0.3) is 5.56 Å². The van der Waals surface area contributed by atoms with E-state index in [1.165, 1.54) is 4.68 Å². The van der Waals surface area contributed by atoms with Crippen molar-refractivity contribution in [1.29, 1.82) is 0 Å². The summed E-state index contributed by atoms with van der Waals surface area (Å²) in [5.74, 6) is 0. The van der Waals surface area contributed by atoms with Crippen LogP contribution in [0.15, 0.2) is 33.0 Å². The summed E-state index contributed by atoms with van der Waals surface area (Å²) in [6, 6.07) is 5.83. The van der Waals surface area contributed by atoms with E-state index < -0.39 is 0 Å². The molecule has 0 bridgehead atoms. The Kier molecular flexibility index (Phi) is 4.19. The molecule has 0 amide bonds. The standard InChI is InChI=1S/C12H14BrN3OS/c1-8(2)15-9-5-12(17)16(14-6-9)7-10-3-4-11(13)18-10/h3-6,8,15H,7H2,1-2H3. The van der Waals surface area contributed by atoms with Crippen LogP contribution in [0.2, 0.25) is 0 Å². The molecule has 0 saturated heterocycles. The number of aromatic nitrogens is 2. The molecule has 1 N–H and O–H groups in total. The molecule has 2 rings (SSSR count). The first-order chi connectivity index (χ1) is 8.54. The van der Waals surface area contributed by atoms with Crippen molar-refractivity contribution < 1.29 is 0 Å². The highest BCUT2D eigenvalue weighted by Gasteiger charge is 2.04. The lowest BCUT2D eigenvalue weighted by Crippen LogP contribution is -2.23. The lowest BCUT2D eigenvalue weighted by molar-refractivity contribution is 0.645. The summed E-state index contributed by atoms with van der Waals surface area (Å²) < 4.78 is 2.52. The van der Waals surface area contributed by atoms with Crippen LogP contribution in [0.25, 0.3) is 0 Å². The van der Waals surface area contributed by atoms with E-state index >= 15 is 0 Å². The van der Waals surface area contributed by atoms with Crippen LogP contribution in [0.3, 0.4) is 0 Å². The maximum absolute atomic E-state index is 11.9. The highest BCUT2D eigenvalue weighted by Crippen LogP contribution is 2.22. The van der Waals surface area contributed by atoms with E-state index in [1.54, 1.807) is 23.6 Å². The van der Waals surface area contributed by atoms with Gasteiger partial charge in [0.2, 0.25) is 0 Å². The fourth-order valence-corrected chi connectivity index (χ4v) is 3.01. The zero-order valence-electron chi connectivity index (χ0n) is 10.2. The zero-order valence-corrected chi connectivity index (χ0v) is 12.6. The van der Waals surface area contributed by atoms with Crippen molar-refractivity contribution in [2.75, 3.05) is 5.32 Å². The predicted molar refractivity (Wildman–Crippen MR) is 78.4 cm³/mol. The van der Waals surface area contributed by atoms with Gasteiger partial charge in [0.05, 0.1) is 22.2 Å². The van der Waals surface area contributed by atoms with Crippen molar-refractivity contribution in [3.8, 4) is 0 Å². The lowest BCUT2D eigenvalue weighted by Gasteiger charge is -2.10.